The standard InChI is InChI=1S/C26H24Cl2N6O2S2/c27-19-8-4-15(5-9-19)12-21(35)29-25-33-31-23(37-25)17-2-1-3-18(14-17)24-32-34-26(38-24)30-22(36)13-16-6-10-20(28)11-7-16/h4-11,17-18H,1-3,12-14H2,(H,29,33,35)(H,30,34,36). The maximum atomic E-state index is 12.4. The number of amides is 2. The van der Waals surface area contributed by atoms with Gasteiger partial charge in [-0.15, -0.1) is 20.4 Å². The van der Waals surface area contributed by atoms with Gasteiger partial charge < -0.3 is 10.6 Å². The van der Waals surface area contributed by atoms with Gasteiger partial charge in [0.25, 0.3) is 0 Å². The first kappa shape index (κ1) is 26.7. The zero-order chi connectivity index (χ0) is 26.5. The van der Waals surface area contributed by atoms with Crippen molar-refractivity contribution in [1.29, 1.82) is 0 Å². The van der Waals surface area contributed by atoms with E-state index in [9.17, 15) is 9.59 Å². The van der Waals surface area contributed by atoms with Gasteiger partial charge in [-0.3, -0.25) is 9.59 Å². The SMILES string of the molecule is O=C(Cc1ccc(Cl)cc1)Nc1nnc(C2CCCC(c3nnc(NC(=O)Cc4ccc(Cl)cc4)s3)C2)s1. The first-order valence-electron chi connectivity index (χ1n) is 12.2. The Balaban J connectivity index is 1.14. The van der Waals surface area contributed by atoms with Crippen molar-refractivity contribution in [2.24, 2.45) is 0 Å². The quantitative estimate of drug-likeness (QED) is 0.244. The van der Waals surface area contributed by atoms with Crippen molar-refractivity contribution < 1.29 is 9.59 Å². The topological polar surface area (TPSA) is 110 Å². The molecule has 2 unspecified atom stereocenters. The molecule has 4 aromatic rings. The van der Waals surface area contributed by atoms with E-state index in [-0.39, 0.29) is 36.5 Å². The summed E-state index contributed by atoms with van der Waals surface area (Å²) in [6.45, 7) is 0. The average molecular weight is 588 g/mol. The van der Waals surface area contributed by atoms with Gasteiger partial charge in [-0.25, -0.2) is 0 Å². The molecule has 12 heteroatoms. The molecular weight excluding hydrogens is 563 g/mol. The fourth-order valence-corrected chi connectivity index (χ4v) is 6.51. The van der Waals surface area contributed by atoms with E-state index in [4.69, 9.17) is 23.2 Å². The molecule has 38 heavy (non-hydrogen) atoms. The number of carbonyl (C=O) groups excluding carboxylic acids is 2. The molecule has 2 aromatic heterocycles. The van der Waals surface area contributed by atoms with Crippen molar-refractivity contribution in [3.63, 3.8) is 0 Å². The Labute approximate surface area is 237 Å². The van der Waals surface area contributed by atoms with Gasteiger partial charge in [0, 0.05) is 21.9 Å². The lowest BCUT2D eigenvalue weighted by molar-refractivity contribution is -0.116. The molecule has 2 aromatic carbocycles. The third-order valence-corrected chi connectivity index (χ3v) is 8.81. The number of benzene rings is 2. The maximum absolute atomic E-state index is 12.4. The van der Waals surface area contributed by atoms with Crippen LogP contribution in [0.15, 0.2) is 48.5 Å². The van der Waals surface area contributed by atoms with Crippen molar-refractivity contribution in [2.75, 3.05) is 10.6 Å². The van der Waals surface area contributed by atoms with Crippen LogP contribution in [-0.2, 0) is 22.4 Å². The van der Waals surface area contributed by atoms with Crippen molar-refractivity contribution in [3.8, 4) is 0 Å². The summed E-state index contributed by atoms with van der Waals surface area (Å²) in [5.41, 5.74) is 1.76. The third kappa shape index (κ3) is 7.13. The number of rotatable bonds is 8. The van der Waals surface area contributed by atoms with Crippen LogP contribution in [0.2, 0.25) is 10.0 Å². The van der Waals surface area contributed by atoms with E-state index in [2.05, 4.69) is 31.0 Å². The van der Waals surface area contributed by atoms with Gasteiger partial charge in [0.15, 0.2) is 0 Å². The van der Waals surface area contributed by atoms with Crippen LogP contribution >= 0.6 is 45.9 Å². The van der Waals surface area contributed by atoms with Crippen LogP contribution in [0.1, 0.15) is 58.7 Å². The zero-order valence-corrected chi connectivity index (χ0v) is 23.3. The predicted octanol–water partition coefficient (Wildman–Crippen LogP) is 6.50. The van der Waals surface area contributed by atoms with Gasteiger partial charge in [0.1, 0.15) is 10.0 Å². The van der Waals surface area contributed by atoms with Crippen LogP contribution in [0.4, 0.5) is 10.3 Å². The molecule has 1 saturated carbocycles. The van der Waals surface area contributed by atoms with E-state index in [1.807, 2.05) is 24.3 Å². The molecule has 2 atom stereocenters. The van der Waals surface area contributed by atoms with Gasteiger partial charge in [0.05, 0.1) is 12.8 Å². The first-order valence-corrected chi connectivity index (χ1v) is 14.6. The summed E-state index contributed by atoms with van der Waals surface area (Å²) in [7, 11) is 0. The normalized spacial score (nSPS) is 17.2. The molecule has 0 bridgehead atoms. The number of carbonyl (C=O) groups is 2. The molecule has 5 rings (SSSR count). The summed E-state index contributed by atoms with van der Waals surface area (Å²) in [6, 6.07) is 14.4. The van der Waals surface area contributed by atoms with E-state index in [1.54, 1.807) is 24.3 Å². The molecule has 1 aliphatic rings. The van der Waals surface area contributed by atoms with Gasteiger partial charge in [-0.1, -0.05) is 76.6 Å². The van der Waals surface area contributed by atoms with E-state index >= 15 is 0 Å². The number of anilines is 2. The number of aromatic nitrogens is 4. The molecule has 0 spiro atoms. The number of halogens is 2. The second-order valence-electron chi connectivity index (χ2n) is 9.15. The number of nitrogens with one attached hydrogen (secondary N) is 2. The Bertz CT molecular complexity index is 1300. The Hall–Kier alpha value is -2.92. The lowest BCUT2D eigenvalue weighted by Gasteiger charge is -2.25. The van der Waals surface area contributed by atoms with E-state index < -0.39 is 0 Å². The largest absolute Gasteiger partial charge is 0.300 e. The molecule has 2 N–H and O–H groups in total. The second kappa shape index (κ2) is 12.3. The lowest BCUT2D eigenvalue weighted by Crippen LogP contribution is -2.14. The predicted molar refractivity (Wildman–Crippen MR) is 151 cm³/mol. The Morgan fingerprint density at radius 2 is 1.13 bits per heavy atom. The summed E-state index contributed by atoms with van der Waals surface area (Å²) in [6.07, 6.45) is 4.41. The Morgan fingerprint density at radius 1 is 0.711 bits per heavy atom. The van der Waals surface area contributed by atoms with Gasteiger partial charge in [0.2, 0.25) is 22.1 Å². The molecule has 1 fully saturated rings. The third-order valence-electron chi connectivity index (χ3n) is 6.30. The highest BCUT2D eigenvalue weighted by Crippen LogP contribution is 2.43. The molecule has 0 aliphatic heterocycles. The number of hydrogen-bond donors (Lipinski definition) is 2. The van der Waals surface area contributed by atoms with Crippen LogP contribution in [0.3, 0.4) is 0 Å². The molecule has 2 amide bonds. The smallest absolute Gasteiger partial charge is 0.230 e. The highest BCUT2D eigenvalue weighted by molar-refractivity contribution is 7.15. The fraction of sp³-hybridized carbons (Fsp3) is 0.308. The molecular formula is C26H24Cl2N6O2S2. The summed E-state index contributed by atoms with van der Waals surface area (Å²) >= 11 is 14.7. The van der Waals surface area contributed by atoms with Crippen molar-refractivity contribution in [3.05, 3.63) is 79.7 Å². The monoisotopic (exact) mass is 586 g/mol. The molecule has 0 saturated heterocycles. The summed E-state index contributed by atoms with van der Waals surface area (Å²) in [4.78, 5) is 24.9. The van der Waals surface area contributed by atoms with Gasteiger partial charge >= 0.3 is 0 Å². The average Bonchev–Trinajstić information content (AvgIpc) is 3.57. The van der Waals surface area contributed by atoms with Crippen LogP contribution < -0.4 is 10.6 Å². The Morgan fingerprint density at radius 3 is 1.55 bits per heavy atom. The van der Waals surface area contributed by atoms with Gasteiger partial charge in [-0.05, 0) is 54.7 Å². The maximum Gasteiger partial charge on any atom is 0.230 e. The van der Waals surface area contributed by atoms with E-state index in [0.29, 0.717) is 20.3 Å². The highest BCUT2D eigenvalue weighted by atomic mass is 35.5. The summed E-state index contributed by atoms with van der Waals surface area (Å²) in [5.74, 6) is 0.187. The van der Waals surface area contributed by atoms with Crippen LogP contribution in [-0.4, -0.2) is 32.2 Å². The minimum Gasteiger partial charge on any atom is -0.300 e. The van der Waals surface area contributed by atoms with Crippen molar-refractivity contribution >= 4 is 68.0 Å². The van der Waals surface area contributed by atoms with Crippen LogP contribution in [0.25, 0.3) is 0 Å². The van der Waals surface area contributed by atoms with Crippen LogP contribution in [0.5, 0.6) is 0 Å². The van der Waals surface area contributed by atoms with Gasteiger partial charge in [-0.2, -0.15) is 0 Å². The highest BCUT2D eigenvalue weighted by Gasteiger charge is 2.29. The summed E-state index contributed by atoms with van der Waals surface area (Å²) < 4.78 is 0. The second-order valence-corrected chi connectivity index (χ2v) is 12.0. The molecule has 196 valence electrons. The number of nitrogens with zero attached hydrogens (tertiary/aromatic N) is 4. The van der Waals surface area contributed by atoms with E-state index in [0.717, 1.165) is 46.8 Å². The molecule has 1 aliphatic carbocycles. The minimum atomic E-state index is -0.143. The minimum absolute atomic E-state index is 0.143. The van der Waals surface area contributed by atoms with Crippen molar-refractivity contribution in [2.45, 2.75) is 50.4 Å². The lowest BCUT2D eigenvalue weighted by atomic mass is 9.82. The summed E-state index contributed by atoms with van der Waals surface area (Å²) in [5, 5.41) is 26.9. The molecule has 8 nitrogen and oxygen atoms in total. The number of hydrogen-bond acceptors (Lipinski definition) is 8. The Kier molecular flexibility index (Phi) is 8.63. The molecule has 0 radical (unpaired) electrons. The first-order chi connectivity index (χ1) is 18.4. The zero-order valence-electron chi connectivity index (χ0n) is 20.2. The van der Waals surface area contributed by atoms with Crippen molar-refractivity contribution in [1.82, 2.24) is 20.4 Å². The molecule has 2 heterocycles. The van der Waals surface area contributed by atoms with Crippen LogP contribution in [0, 0.1) is 0 Å². The fourth-order valence-electron chi connectivity index (χ4n) is 4.44. The van der Waals surface area contributed by atoms with E-state index in [1.165, 1.54) is 22.7 Å².